The summed E-state index contributed by atoms with van der Waals surface area (Å²) in [5, 5.41) is 5.93. The monoisotopic (exact) mass is 265 g/mol. The molecule has 0 bridgehead atoms. The van der Waals surface area contributed by atoms with Crippen LogP contribution in [0.2, 0.25) is 0 Å². The zero-order valence-corrected chi connectivity index (χ0v) is 12.7. The van der Waals surface area contributed by atoms with E-state index in [1.54, 1.807) is 4.88 Å². The summed E-state index contributed by atoms with van der Waals surface area (Å²) in [6, 6.07) is 4.50. The molecule has 1 aliphatic rings. The van der Waals surface area contributed by atoms with Crippen molar-refractivity contribution in [2.45, 2.75) is 52.4 Å². The van der Waals surface area contributed by atoms with Crippen molar-refractivity contribution in [1.82, 2.24) is 5.32 Å². The third kappa shape index (κ3) is 4.10. The highest BCUT2D eigenvalue weighted by molar-refractivity contribution is 7.09. The van der Waals surface area contributed by atoms with Gasteiger partial charge in [0.25, 0.3) is 0 Å². The summed E-state index contributed by atoms with van der Waals surface area (Å²) < 4.78 is 0. The van der Waals surface area contributed by atoms with Crippen molar-refractivity contribution in [2.24, 2.45) is 11.3 Å². The van der Waals surface area contributed by atoms with E-state index in [4.69, 9.17) is 0 Å². The van der Waals surface area contributed by atoms with E-state index in [1.165, 1.54) is 45.1 Å². The van der Waals surface area contributed by atoms with Gasteiger partial charge in [-0.25, -0.2) is 0 Å². The predicted molar refractivity (Wildman–Crippen MR) is 81.2 cm³/mol. The van der Waals surface area contributed by atoms with Crippen molar-refractivity contribution < 1.29 is 0 Å². The first-order valence-corrected chi connectivity index (χ1v) is 8.31. The molecule has 0 radical (unpaired) electrons. The van der Waals surface area contributed by atoms with E-state index in [1.807, 2.05) is 11.3 Å². The van der Waals surface area contributed by atoms with Gasteiger partial charge in [0.05, 0.1) is 0 Å². The van der Waals surface area contributed by atoms with E-state index < -0.39 is 0 Å². The largest absolute Gasteiger partial charge is 0.316 e. The first-order chi connectivity index (χ1) is 8.70. The fourth-order valence-corrected chi connectivity index (χ4v) is 4.01. The molecular formula is C16H27NS. The van der Waals surface area contributed by atoms with Crippen molar-refractivity contribution in [3.63, 3.8) is 0 Å². The van der Waals surface area contributed by atoms with Crippen LogP contribution in [0.15, 0.2) is 17.5 Å². The second kappa shape index (κ2) is 6.72. The first-order valence-electron chi connectivity index (χ1n) is 7.43. The molecule has 1 nitrogen and oxygen atoms in total. The minimum atomic E-state index is 0.540. The molecule has 1 fully saturated rings. The second-order valence-corrected chi connectivity index (χ2v) is 7.37. The van der Waals surface area contributed by atoms with Crippen LogP contribution in [0.5, 0.6) is 0 Å². The molecule has 0 aromatic carbocycles. The summed E-state index contributed by atoms with van der Waals surface area (Å²) in [6.07, 6.45) is 8.40. The molecule has 2 heteroatoms. The molecule has 102 valence electrons. The highest BCUT2D eigenvalue weighted by Gasteiger charge is 2.32. The van der Waals surface area contributed by atoms with E-state index >= 15 is 0 Å². The van der Waals surface area contributed by atoms with E-state index in [2.05, 4.69) is 36.7 Å². The van der Waals surface area contributed by atoms with Gasteiger partial charge in [-0.1, -0.05) is 39.2 Å². The van der Waals surface area contributed by atoms with Crippen LogP contribution in [0.4, 0.5) is 0 Å². The number of hydrogen-bond donors (Lipinski definition) is 1. The molecule has 0 aliphatic heterocycles. The molecule has 1 aromatic heterocycles. The van der Waals surface area contributed by atoms with Crippen molar-refractivity contribution in [2.75, 3.05) is 13.1 Å². The number of hydrogen-bond acceptors (Lipinski definition) is 2. The summed E-state index contributed by atoms with van der Waals surface area (Å²) in [5.41, 5.74) is 0.540. The predicted octanol–water partition coefficient (Wildman–Crippen LogP) is 4.49. The Balaban J connectivity index is 1.94. The van der Waals surface area contributed by atoms with Crippen molar-refractivity contribution in [3.8, 4) is 0 Å². The van der Waals surface area contributed by atoms with Crippen LogP contribution in [0, 0.1) is 11.3 Å². The van der Waals surface area contributed by atoms with Crippen molar-refractivity contribution >= 4 is 11.3 Å². The fourth-order valence-electron chi connectivity index (χ4n) is 3.13. The minimum Gasteiger partial charge on any atom is -0.316 e. The van der Waals surface area contributed by atoms with Crippen LogP contribution >= 0.6 is 11.3 Å². The Hall–Kier alpha value is -0.340. The Morgan fingerprint density at radius 3 is 2.67 bits per heavy atom. The fraction of sp³-hybridized carbons (Fsp3) is 0.750. The number of thiophene rings is 1. The van der Waals surface area contributed by atoms with Crippen molar-refractivity contribution in [1.29, 1.82) is 0 Å². The average molecular weight is 265 g/mol. The molecule has 0 atom stereocenters. The van der Waals surface area contributed by atoms with E-state index in [-0.39, 0.29) is 0 Å². The van der Waals surface area contributed by atoms with Gasteiger partial charge in [-0.05, 0) is 48.6 Å². The minimum absolute atomic E-state index is 0.540. The Morgan fingerprint density at radius 2 is 2.06 bits per heavy atom. The van der Waals surface area contributed by atoms with E-state index in [9.17, 15) is 0 Å². The van der Waals surface area contributed by atoms with Crippen molar-refractivity contribution in [3.05, 3.63) is 22.4 Å². The lowest BCUT2D eigenvalue weighted by molar-refractivity contribution is 0.180. The summed E-state index contributed by atoms with van der Waals surface area (Å²) >= 11 is 1.93. The molecule has 1 aromatic rings. The van der Waals surface area contributed by atoms with Gasteiger partial charge in [0.15, 0.2) is 0 Å². The van der Waals surface area contributed by atoms with Gasteiger partial charge < -0.3 is 5.32 Å². The maximum absolute atomic E-state index is 3.71. The molecule has 1 heterocycles. The van der Waals surface area contributed by atoms with Gasteiger partial charge in [0.2, 0.25) is 0 Å². The maximum Gasteiger partial charge on any atom is 0.00512 e. The number of nitrogens with one attached hydrogen (secondary N) is 1. The topological polar surface area (TPSA) is 12.0 Å². The molecule has 0 spiro atoms. The van der Waals surface area contributed by atoms with Crippen LogP contribution < -0.4 is 5.32 Å². The summed E-state index contributed by atoms with van der Waals surface area (Å²) in [5.74, 6) is 0.757. The normalized spacial score (nSPS) is 19.3. The van der Waals surface area contributed by atoms with Gasteiger partial charge >= 0.3 is 0 Å². The Morgan fingerprint density at radius 1 is 1.28 bits per heavy atom. The zero-order valence-electron chi connectivity index (χ0n) is 11.9. The smallest absolute Gasteiger partial charge is 0.00512 e. The third-order valence-corrected chi connectivity index (χ3v) is 4.97. The Bertz CT molecular complexity index is 323. The van der Waals surface area contributed by atoms with E-state index in [0.29, 0.717) is 5.41 Å². The molecule has 1 aliphatic carbocycles. The zero-order chi connectivity index (χ0) is 12.8. The molecule has 1 N–H and O–H groups in total. The lowest BCUT2D eigenvalue weighted by Gasteiger charge is -2.37. The third-order valence-electron chi connectivity index (χ3n) is 4.10. The summed E-state index contributed by atoms with van der Waals surface area (Å²) in [7, 11) is 0. The summed E-state index contributed by atoms with van der Waals surface area (Å²) in [4.78, 5) is 1.57. The average Bonchev–Trinajstić information content (AvgIpc) is 2.82. The quantitative estimate of drug-likeness (QED) is 0.799. The molecule has 18 heavy (non-hydrogen) atoms. The SMILES string of the molecule is CC(C)CNCC1(Cc2cccs2)CCCCC1. The highest BCUT2D eigenvalue weighted by atomic mass is 32.1. The van der Waals surface area contributed by atoms with Gasteiger partial charge in [0, 0.05) is 11.4 Å². The molecule has 0 saturated heterocycles. The lowest BCUT2D eigenvalue weighted by atomic mass is 9.71. The molecule has 1 saturated carbocycles. The standard InChI is InChI=1S/C16H27NS/c1-14(2)12-17-13-16(8-4-3-5-9-16)11-15-7-6-10-18-15/h6-7,10,14,17H,3-5,8-9,11-13H2,1-2H3. The Kier molecular flexibility index (Phi) is 5.25. The van der Waals surface area contributed by atoms with Gasteiger partial charge in [0.1, 0.15) is 0 Å². The second-order valence-electron chi connectivity index (χ2n) is 6.34. The van der Waals surface area contributed by atoms with Gasteiger partial charge in [-0.15, -0.1) is 11.3 Å². The van der Waals surface area contributed by atoms with Crippen LogP contribution in [0.25, 0.3) is 0 Å². The van der Waals surface area contributed by atoms with Crippen LogP contribution in [-0.4, -0.2) is 13.1 Å². The van der Waals surface area contributed by atoms with Crippen LogP contribution in [-0.2, 0) is 6.42 Å². The molecule has 2 rings (SSSR count). The molecular weight excluding hydrogens is 238 g/mol. The highest BCUT2D eigenvalue weighted by Crippen LogP contribution is 2.39. The van der Waals surface area contributed by atoms with Crippen LogP contribution in [0.3, 0.4) is 0 Å². The Labute approximate surface area is 116 Å². The number of rotatable bonds is 6. The lowest BCUT2D eigenvalue weighted by Crippen LogP contribution is -2.39. The van der Waals surface area contributed by atoms with Gasteiger partial charge in [-0.3, -0.25) is 0 Å². The first kappa shape index (κ1) is 14.1. The summed E-state index contributed by atoms with van der Waals surface area (Å²) in [6.45, 7) is 6.95. The van der Waals surface area contributed by atoms with Crippen LogP contribution in [0.1, 0.15) is 50.8 Å². The van der Waals surface area contributed by atoms with E-state index in [0.717, 1.165) is 12.5 Å². The molecule has 0 unspecified atom stereocenters. The molecule has 0 amide bonds. The van der Waals surface area contributed by atoms with Gasteiger partial charge in [-0.2, -0.15) is 0 Å². The maximum atomic E-state index is 3.71.